The van der Waals surface area contributed by atoms with Crippen LogP contribution in [0.25, 0.3) is 16.8 Å². The van der Waals surface area contributed by atoms with Crippen LogP contribution in [0.5, 0.6) is 0 Å². The van der Waals surface area contributed by atoms with Gasteiger partial charge in [0.1, 0.15) is 5.82 Å². The quantitative estimate of drug-likeness (QED) is 0.575. The second kappa shape index (κ2) is 7.48. The van der Waals surface area contributed by atoms with Gasteiger partial charge >= 0.3 is 0 Å². The highest BCUT2D eigenvalue weighted by molar-refractivity contribution is 5.66. The number of pyridine rings is 1. The van der Waals surface area contributed by atoms with E-state index in [2.05, 4.69) is 25.3 Å². The van der Waals surface area contributed by atoms with E-state index >= 15 is 0 Å². The van der Waals surface area contributed by atoms with Gasteiger partial charge in [-0.3, -0.25) is 4.98 Å². The first-order valence-electron chi connectivity index (χ1n) is 9.42. The van der Waals surface area contributed by atoms with Crippen molar-refractivity contribution in [1.82, 2.24) is 19.6 Å². The minimum absolute atomic E-state index is 0.317. The fourth-order valence-electron chi connectivity index (χ4n) is 3.44. The van der Waals surface area contributed by atoms with Crippen molar-refractivity contribution in [2.75, 3.05) is 36.5 Å². The van der Waals surface area contributed by atoms with Gasteiger partial charge in [-0.1, -0.05) is 0 Å². The highest BCUT2D eigenvalue weighted by Crippen LogP contribution is 2.25. The van der Waals surface area contributed by atoms with Crippen molar-refractivity contribution in [3.63, 3.8) is 0 Å². The van der Waals surface area contributed by atoms with E-state index in [9.17, 15) is 4.39 Å². The first kappa shape index (κ1) is 17.6. The maximum atomic E-state index is 14.7. The van der Waals surface area contributed by atoms with Gasteiger partial charge in [-0.25, -0.2) is 13.9 Å². The molecule has 0 bridgehead atoms. The maximum absolute atomic E-state index is 14.7. The first-order chi connectivity index (χ1) is 14.3. The third kappa shape index (κ3) is 3.50. The predicted octanol–water partition coefficient (Wildman–Crippen LogP) is 3.51. The Hall–Kier alpha value is -3.52. The van der Waals surface area contributed by atoms with Crippen LogP contribution in [0, 0.1) is 5.82 Å². The summed E-state index contributed by atoms with van der Waals surface area (Å²) in [6, 6.07) is 12.9. The number of nitrogens with one attached hydrogen (secondary N) is 1. The topological polar surface area (TPSA) is 67.6 Å². The van der Waals surface area contributed by atoms with Crippen molar-refractivity contribution in [2.45, 2.75) is 0 Å². The first-order valence-corrected chi connectivity index (χ1v) is 9.42. The summed E-state index contributed by atoms with van der Waals surface area (Å²) in [6.45, 7) is 2.84. The van der Waals surface area contributed by atoms with Gasteiger partial charge < -0.3 is 15.0 Å². The Morgan fingerprint density at radius 2 is 1.93 bits per heavy atom. The van der Waals surface area contributed by atoms with Crippen molar-refractivity contribution >= 4 is 22.8 Å². The van der Waals surface area contributed by atoms with Gasteiger partial charge in [0.05, 0.1) is 36.3 Å². The van der Waals surface area contributed by atoms with E-state index in [1.807, 2.05) is 30.3 Å². The molecular formula is C21H19FN6O. The minimum Gasteiger partial charge on any atom is -0.378 e. The van der Waals surface area contributed by atoms with E-state index in [1.54, 1.807) is 29.2 Å². The molecule has 0 unspecified atom stereocenters. The lowest BCUT2D eigenvalue weighted by atomic mass is 10.2. The van der Waals surface area contributed by atoms with E-state index < -0.39 is 0 Å². The highest BCUT2D eigenvalue weighted by atomic mass is 19.1. The summed E-state index contributed by atoms with van der Waals surface area (Å²) in [6.07, 6.45) is 5.21. The van der Waals surface area contributed by atoms with E-state index in [0.29, 0.717) is 24.8 Å². The van der Waals surface area contributed by atoms with Crippen LogP contribution in [0.2, 0.25) is 0 Å². The van der Waals surface area contributed by atoms with E-state index in [1.165, 1.54) is 6.07 Å². The molecule has 7 nitrogen and oxygen atoms in total. The molecule has 1 N–H and O–H groups in total. The Bertz CT molecular complexity index is 1140. The Labute approximate surface area is 166 Å². The van der Waals surface area contributed by atoms with Gasteiger partial charge in [0, 0.05) is 36.7 Å². The second-order valence-electron chi connectivity index (χ2n) is 6.77. The third-order valence-corrected chi connectivity index (χ3v) is 4.93. The molecule has 1 aromatic carbocycles. The zero-order valence-corrected chi connectivity index (χ0v) is 15.6. The minimum atomic E-state index is -0.349. The number of hydrogen-bond donors (Lipinski definition) is 1. The molecular weight excluding hydrogens is 371 g/mol. The molecule has 8 heteroatoms. The number of benzene rings is 1. The number of nitrogens with zero attached hydrogens (tertiary/aromatic N) is 5. The van der Waals surface area contributed by atoms with Gasteiger partial charge in [-0.05, 0) is 42.5 Å². The Balaban J connectivity index is 1.43. The molecule has 1 fully saturated rings. The number of morpholine rings is 1. The monoisotopic (exact) mass is 390 g/mol. The van der Waals surface area contributed by atoms with Gasteiger partial charge in [-0.2, -0.15) is 0 Å². The number of ether oxygens (including phenoxy) is 1. The molecule has 0 aliphatic carbocycles. The van der Waals surface area contributed by atoms with Crippen LogP contribution in [-0.2, 0) is 4.74 Å². The zero-order chi connectivity index (χ0) is 19.6. The highest BCUT2D eigenvalue weighted by Gasteiger charge is 2.14. The second-order valence-corrected chi connectivity index (χ2v) is 6.77. The average Bonchev–Trinajstić information content (AvgIpc) is 3.20. The number of hydrogen-bond acceptors (Lipinski definition) is 6. The fraction of sp³-hybridized carbons (Fsp3) is 0.190. The number of fused-ring (bicyclic) bond motifs is 1. The van der Waals surface area contributed by atoms with Crippen LogP contribution < -0.4 is 10.2 Å². The summed E-state index contributed by atoms with van der Waals surface area (Å²) in [7, 11) is 0. The predicted molar refractivity (Wildman–Crippen MR) is 109 cm³/mol. The van der Waals surface area contributed by atoms with Crippen molar-refractivity contribution in [3.05, 3.63) is 66.9 Å². The average molecular weight is 390 g/mol. The molecule has 0 spiro atoms. The van der Waals surface area contributed by atoms with E-state index in [-0.39, 0.29) is 5.82 Å². The molecule has 0 atom stereocenters. The molecule has 0 radical (unpaired) electrons. The lowest BCUT2D eigenvalue weighted by Gasteiger charge is -2.29. The Morgan fingerprint density at radius 1 is 1.03 bits per heavy atom. The summed E-state index contributed by atoms with van der Waals surface area (Å²) >= 11 is 0. The molecule has 4 aromatic rings. The molecule has 5 rings (SSSR count). The molecule has 0 saturated carbocycles. The molecule has 1 saturated heterocycles. The number of anilines is 3. The number of halogens is 1. The summed E-state index contributed by atoms with van der Waals surface area (Å²) in [4.78, 5) is 10.6. The fourth-order valence-corrected chi connectivity index (χ4v) is 3.44. The Kier molecular flexibility index (Phi) is 4.53. The zero-order valence-electron chi connectivity index (χ0n) is 15.6. The largest absolute Gasteiger partial charge is 0.378 e. The van der Waals surface area contributed by atoms with Gasteiger partial charge in [-0.15, -0.1) is 5.10 Å². The van der Waals surface area contributed by atoms with Crippen molar-refractivity contribution in [2.24, 2.45) is 0 Å². The summed E-state index contributed by atoms with van der Waals surface area (Å²) < 4.78 is 21.8. The molecule has 3 aromatic heterocycles. The lowest BCUT2D eigenvalue weighted by molar-refractivity contribution is 0.122. The van der Waals surface area contributed by atoms with Gasteiger partial charge in [0.15, 0.2) is 0 Å². The van der Waals surface area contributed by atoms with Crippen molar-refractivity contribution < 1.29 is 9.13 Å². The summed E-state index contributed by atoms with van der Waals surface area (Å²) in [5.74, 6) is -0.0328. The summed E-state index contributed by atoms with van der Waals surface area (Å²) in [5.41, 5.74) is 3.85. The van der Waals surface area contributed by atoms with Gasteiger partial charge in [0.2, 0.25) is 5.95 Å². The lowest BCUT2D eigenvalue weighted by Crippen LogP contribution is -2.36. The third-order valence-electron chi connectivity index (χ3n) is 4.93. The Morgan fingerprint density at radius 3 is 2.72 bits per heavy atom. The maximum Gasteiger partial charge on any atom is 0.245 e. The van der Waals surface area contributed by atoms with Crippen LogP contribution >= 0.6 is 0 Å². The number of rotatable bonds is 4. The van der Waals surface area contributed by atoms with Crippen molar-refractivity contribution in [1.29, 1.82) is 0 Å². The molecule has 29 heavy (non-hydrogen) atoms. The SMILES string of the molecule is Fc1cc(N2CCOCC2)ccc1Nc1ncc2ccc(-c3cccnc3)n2n1. The van der Waals surface area contributed by atoms with Crippen LogP contribution in [0.15, 0.2) is 61.1 Å². The van der Waals surface area contributed by atoms with Crippen LogP contribution in [-0.4, -0.2) is 45.9 Å². The molecule has 0 amide bonds. The number of aromatic nitrogens is 4. The molecule has 4 heterocycles. The smallest absolute Gasteiger partial charge is 0.245 e. The standard InChI is InChI=1S/C21H19FN6O/c22-18-12-16(27-8-10-29-11-9-27)3-5-19(18)25-21-24-14-17-4-6-20(28(17)26-21)15-2-1-7-23-13-15/h1-7,12-14H,8-11H2,(H,25,26). The van der Waals surface area contributed by atoms with Gasteiger partial charge in [0.25, 0.3) is 0 Å². The molecule has 146 valence electrons. The summed E-state index contributed by atoms with van der Waals surface area (Å²) in [5, 5.41) is 7.52. The van der Waals surface area contributed by atoms with Crippen LogP contribution in [0.1, 0.15) is 0 Å². The van der Waals surface area contributed by atoms with Crippen molar-refractivity contribution in [3.8, 4) is 11.3 Å². The molecule has 1 aliphatic heterocycles. The normalized spacial score (nSPS) is 14.3. The van der Waals surface area contributed by atoms with E-state index in [0.717, 1.165) is 35.6 Å². The van der Waals surface area contributed by atoms with Crippen LogP contribution in [0.3, 0.4) is 0 Å². The molecule has 1 aliphatic rings. The van der Waals surface area contributed by atoms with E-state index in [4.69, 9.17) is 4.74 Å². The van der Waals surface area contributed by atoms with Crippen LogP contribution in [0.4, 0.5) is 21.7 Å².